The molecule has 1 saturated carbocycles. The molecule has 1 aliphatic heterocycles. The average molecular weight is 375 g/mol. The van der Waals surface area contributed by atoms with E-state index in [4.69, 9.17) is 0 Å². The summed E-state index contributed by atoms with van der Waals surface area (Å²) >= 11 is 1.79. The minimum atomic E-state index is -0.363. The van der Waals surface area contributed by atoms with Crippen molar-refractivity contribution in [2.75, 3.05) is 12.3 Å². The summed E-state index contributed by atoms with van der Waals surface area (Å²) in [5.41, 5.74) is 0.678. The van der Waals surface area contributed by atoms with Crippen molar-refractivity contribution >= 4 is 23.6 Å². The van der Waals surface area contributed by atoms with Gasteiger partial charge >= 0.3 is 0 Å². The predicted molar refractivity (Wildman–Crippen MR) is 107 cm³/mol. The van der Waals surface area contributed by atoms with Crippen LogP contribution < -0.4 is 5.32 Å². The number of carbonyl (C=O) groups is 2. The van der Waals surface area contributed by atoms with Gasteiger partial charge in [-0.15, -0.1) is 11.8 Å². The molecule has 1 heterocycles. The van der Waals surface area contributed by atoms with Gasteiger partial charge in [-0.2, -0.15) is 0 Å². The van der Waals surface area contributed by atoms with Crippen molar-refractivity contribution in [1.29, 1.82) is 0 Å². The fraction of sp³-hybridized carbons (Fsp3) is 0.619. The molecule has 3 rings (SSSR count). The number of hydrogen-bond acceptors (Lipinski definition) is 3. The van der Waals surface area contributed by atoms with Gasteiger partial charge in [0, 0.05) is 17.9 Å². The topological polar surface area (TPSA) is 49.4 Å². The maximum Gasteiger partial charge on any atom is 0.255 e. The van der Waals surface area contributed by atoms with Gasteiger partial charge in [0.2, 0.25) is 5.91 Å². The zero-order chi connectivity index (χ0) is 18.5. The fourth-order valence-electron chi connectivity index (χ4n) is 3.92. The lowest BCUT2D eigenvalue weighted by Gasteiger charge is -2.35. The highest BCUT2D eigenvalue weighted by Gasteiger charge is 2.45. The number of nitrogens with zero attached hydrogens (tertiary/aromatic N) is 1. The molecule has 5 heteroatoms. The maximum absolute atomic E-state index is 13.3. The van der Waals surface area contributed by atoms with E-state index in [1.807, 2.05) is 35.2 Å². The maximum atomic E-state index is 13.3. The van der Waals surface area contributed by atoms with Gasteiger partial charge in [-0.25, -0.2) is 0 Å². The van der Waals surface area contributed by atoms with Crippen molar-refractivity contribution < 1.29 is 9.59 Å². The Hall–Kier alpha value is -1.49. The summed E-state index contributed by atoms with van der Waals surface area (Å²) < 4.78 is 0. The van der Waals surface area contributed by atoms with E-state index in [0.29, 0.717) is 29.7 Å². The molecular formula is C21H30N2O2S. The van der Waals surface area contributed by atoms with Crippen LogP contribution in [0.1, 0.15) is 56.3 Å². The third-order valence-electron chi connectivity index (χ3n) is 5.33. The van der Waals surface area contributed by atoms with Crippen LogP contribution in [0.25, 0.3) is 0 Å². The Balaban J connectivity index is 1.81. The SMILES string of the molecule is CC(C)CNC(=O)[C@@H]1CS[C@@H](C2CCCCC2)N1C(=O)c1ccccc1. The zero-order valence-electron chi connectivity index (χ0n) is 15.8. The van der Waals surface area contributed by atoms with Gasteiger partial charge in [0.05, 0.1) is 5.37 Å². The summed E-state index contributed by atoms with van der Waals surface area (Å²) in [7, 11) is 0. The lowest BCUT2D eigenvalue weighted by molar-refractivity contribution is -0.125. The van der Waals surface area contributed by atoms with E-state index in [9.17, 15) is 9.59 Å². The summed E-state index contributed by atoms with van der Waals surface area (Å²) in [5, 5.41) is 3.16. The van der Waals surface area contributed by atoms with Crippen LogP contribution in [-0.4, -0.2) is 40.4 Å². The molecule has 2 fully saturated rings. The first kappa shape index (κ1) is 19.3. The van der Waals surface area contributed by atoms with Crippen LogP contribution in [0.5, 0.6) is 0 Å². The van der Waals surface area contributed by atoms with E-state index in [1.165, 1.54) is 19.3 Å². The molecule has 26 heavy (non-hydrogen) atoms. The predicted octanol–water partition coefficient (Wildman–Crippen LogP) is 3.92. The lowest BCUT2D eigenvalue weighted by Crippen LogP contribution is -2.51. The molecule has 0 unspecified atom stereocenters. The molecule has 2 atom stereocenters. The molecule has 1 aromatic carbocycles. The fourth-order valence-corrected chi connectivity index (χ4v) is 5.56. The van der Waals surface area contributed by atoms with Crippen LogP contribution in [0.3, 0.4) is 0 Å². The third kappa shape index (κ3) is 4.43. The highest BCUT2D eigenvalue weighted by Crippen LogP contribution is 2.41. The van der Waals surface area contributed by atoms with E-state index < -0.39 is 0 Å². The largest absolute Gasteiger partial charge is 0.354 e. The lowest BCUT2D eigenvalue weighted by atomic mass is 9.88. The van der Waals surface area contributed by atoms with Crippen LogP contribution in [0.15, 0.2) is 30.3 Å². The number of amides is 2. The van der Waals surface area contributed by atoms with Crippen LogP contribution in [0.2, 0.25) is 0 Å². The second kappa shape index (κ2) is 8.94. The highest BCUT2D eigenvalue weighted by atomic mass is 32.2. The molecule has 4 nitrogen and oxygen atoms in total. The minimum Gasteiger partial charge on any atom is -0.354 e. The summed E-state index contributed by atoms with van der Waals surface area (Å²) in [6.45, 7) is 4.82. The molecule has 1 aliphatic carbocycles. The molecule has 2 aliphatic rings. The van der Waals surface area contributed by atoms with Crippen molar-refractivity contribution in [1.82, 2.24) is 10.2 Å². The Morgan fingerprint density at radius 2 is 1.85 bits per heavy atom. The van der Waals surface area contributed by atoms with Crippen LogP contribution in [0, 0.1) is 11.8 Å². The summed E-state index contributed by atoms with van der Waals surface area (Å²) in [6, 6.07) is 9.04. The Bertz CT molecular complexity index is 614. The molecule has 1 saturated heterocycles. The van der Waals surface area contributed by atoms with Crippen molar-refractivity contribution in [2.45, 2.75) is 57.4 Å². The van der Waals surface area contributed by atoms with Gasteiger partial charge in [0.1, 0.15) is 6.04 Å². The van der Waals surface area contributed by atoms with E-state index in [2.05, 4.69) is 19.2 Å². The van der Waals surface area contributed by atoms with E-state index in [0.717, 1.165) is 12.8 Å². The van der Waals surface area contributed by atoms with Gasteiger partial charge < -0.3 is 10.2 Å². The summed E-state index contributed by atoms with van der Waals surface area (Å²) in [5.74, 6) is 1.60. The number of benzene rings is 1. The van der Waals surface area contributed by atoms with Gasteiger partial charge in [0.15, 0.2) is 0 Å². The number of rotatable bonds is 5. The Morgan fingerprint density at radius 3 is 2.50 bits per heavy atom. The van der Waals surface area contributed by atoms with Gasteiger partial charge in [-0.1, -0.05) is 51.3 Å². The molecule has 2 amide bonds. The quantitative estimate of drug-likeness (QED) is 0.850. The van der Waals surface area contributed by atoms with Gasteiger partial charge in [0.25, 0.3) is 5.91 Å². The smallest absolute Gasteiger partial charge is 0.255 e. The first-order chi connectivity index (χ1) is 12.6. The highest BCUT2D eigenvalue weighted by molar-refractivity contribution is 8.00. The average Bonchev–Trinajstić information content (AvgIpc) is 3.12. The number of thioether (sulfide) groups is 1. The van der Waals surface area contributed by atoms with Crippen molar-refractivity contribution in [2.24, 2.45) is 11.8 Å². The molecular weight excluding hydrogens is 344 g/mol. The third-order valence-corrected chi connectivity index (χ3v) is 6.79. The Morgan fingerprint density at radius 1 is 1.15 bits per heavy atom. The van der Waals surface area contributed by atoms with Gasteiger partial charge in [-0.3, -0.25) is 9.59 Å². The summed E-state index contributed by atoms with van der Waals surface area (Å²) in [4.78, 5) is 28.0. The standard InChI is InChI=1S/C21H30N2O2S/c1-15(2)13-22-19(24)18-14-26-21(17-11-7-4-8-12-17)23(18)20(25)16-9-5-3-6-10-16/h3,5-6,9-10,15,17-18,21H,4,7-8,11-14H2,1-2H3,(H,22,24)/t18-,21-/m0/s1. The van der Waals surface area contributed by atoms with E-state index >= 15 is 0 Å². The second-order valence-electron chi connectivity index (χ2n) is 7.86. The Labute approximate surface area is 161 Å². The molecule has 142 valence electrons. The van der Waals surface area contributed by atoms with E-state index in [1.54, 1.807) is 11.8 Å². The molecule has 0 bridgehead atoms. The molecule has 1 aromatic rings. The molecule has 0 aromatic heterocycles. The summed E-state index contributed by atoms with van der Waals surface area (Å²) in [6.07, 6.45) is 6.09. The first-order valence-corrected chi connectivity index (χ1v) is 10.9. The first-order valence-electron chi connectivity index (χ1n) is 9.85. The normalized spacial score (nSPS) is 24.0. The number of nitrogens with one attached hydrogen (secondary N) is 1. The molecule has 0 radical (unpaired) electrons. The van der Waals surface area contributed by atoms with Crippen LogP contribution in [0.4, 0.5) is 0 Å². The zero-order valence-corrected chi connectivity index (χ0v) is 16.6. The molecule has 1 N–H and O–H groups in total. The Kier molecular flexibility index (Phi) is 6.63. The molecule has 0 spiro atoms. The number of carbonyl (C=O) groups excluding carboxylic acids is 2. The van der Waals surface area contributed by atoms with Crippen molar-refractivity contribution in [3.8, 4) is 0 Å². The number of hydrogen-bond donors (Lipinski definition) is 1. The van der Waals surface area contributed by atoms with Crippen molar-refractivity contribution in [3.63, 3.8) is 0 Å². The van der Waals surface area contributed by atoms with Crippen LogP contribution in [-0.2, 0) is 4.79 Å². The second-order valence-corrected chi connectivity index (χ2v) is 9.00. The monoisotopic (exact) mass is 374 g/mol. The van der Waals surface area contributed by atoms with E-state index in [-0.39, 0.29) is 23.2 Å². The minimum absolute atomic E-state index is 0.00382. The van der Waals surface area contributed by atoms with Crippen LogP contribution >= 0.6 is 11.8 Å². The van der Waals surface area contributed by atoms with Crippen molar-refractivity contribution in [3.05, 3.63) is 35.9 Å². The van der Waals surface area contributed by atoms with Gasteiger partial charge in [-0.05, 0) is 36.8 Å².